The SMILES string of the molecule is Cc1ccc(NS(=O)(=O)c2ccc(C(=O)Nc3ccc(OCC(F)(F)F)nc3)cc2)cc1. The van der Waals surface area contributed by atoms with Gasteiger partial charge in [-0.2, -0.15) is 13.2 Å². The van der Waals surface area contributed by atoms with Crippen molar-refractivity contribution in [2.75, 3.05) is 16.6 Å². The minimum atomic E-state index is -4.48. The molecule has 11 heteroatoms. The van der Waals surface area contributed by atoms with Crippen LogP contribution in [0, 0.1) is 6.92 Å². The molecule has 0 saturated heterocycles. The number of benzene rings is 2. The lowest BCUT2D eigenvalue weighted by Gasteiger charge is -2.10. The molecule has 3 rings (SSSR count). The maximum absolute atomic E-state index is 12.5. The van der Waals surface area contributed by atoms with E-state index < -0.39 is 28.7 Å². The molecule has 0 bridgehead atoms. The molecule has 1 aromatic heterocycles. The molecule has 0 spiro atoms. The summed E-state index contributed by atoms with van der Waals surface area (Å²) in [7, 11) is -3.83. The van der Waals surface area contributed by atoms with Crippen LogP contribution in [0.15, 0.2) is 71.8 Å². The number of amides is 1. The van der Waals surface area contributed by atoms with Crippen LogP contribution in [-0.2, 0) is 10.0 Å². The summed E-state index contributed by atoms with van der Waals surface area (Å²) in [5, 5.41) is 2.52. The predicted molar refractivity (Wildman–Crippen MR) is 112 cm³/mol. The van der Waals surface area contributed by atoms with E-state index in [1.54, 1.807) is 24.3 Å². The summed E-state index contributed by atoms with van der Waals surface area (Å²) in [6, 6.07) is 14.6. The average molecular weight is 465 g/mol. The van der Waals surface area contributed by atoms with Gasteiger partial charge in [0.15, 0.2) is 6.61 Å². The van der Waals surface area contributed by atoms with Crippen LogP contribution in [0.25, 0.3) is 0 Å². The highest BCUT2D eigenvalue weighted by atomic mass is 32.2. The van der Waals surface area contributed by atoms with Gasteiger partial charge in [0.1, 0.15) is 0 Å². The van der Waals surface area contributed by atoms with Gasteiger partial charge in [0, 0.05) is 17.3 Å². The van der Waals surface area contributed by atoms with Gasteiger partial charge >= 0.3 is 6.18 Å². The number of alkyl halides is 3. The van der Waals surface area contributed by atoms with Gasteiger partial charge in [-0.3, -0.25) is 9.52 Å². The number of ether oxygens (including phenoxy) is 1. The predicted octanol–water partition coefficient (Wildman–Crippen LogP) is 4.38. The lowest BCUT2D eigenvalue weighted by atomic mass is 10.2. The second kappa shape index (κ2) is 9.27. The molecule has 7 nitrogen and oxygen atoms in total. The smallest absolute Gasteiger partial charge is 0.422 e. The first kappa shape index (κ1) is 23.1. The second-order valence-electron chi connectivity index (χ2n) is 6.74. The highest BCUT2D eigenvalue weighted by molar-refractivity contribution is 7.92. The Bertz CT molecular complexity index is 1180. The zero-order valence-electron chi connectivity index (χ0n) is 16.7. The van der Waals surface area contributed by atoms with E-state index in [1.807, 2.05) is 6.92 Å². The number of aryl methyl sites for hydroxylation is 1. The summed E-state index contributed by atoms with van der Waals surface area (Å²) >= 11 is 0. The zero-order chi connectivity index (χ0) is 23.4. The van der Waals surface area contributed by atoms with Crippen LogP contribution < -0.4 is 14.8 Å². The topological polar surface area (TPSA) is 97.4 Å². The third-order valence-electron chi connectivity index (χ3n) is 4.11. The monoisotopic (exact) mass is 465 g/mol. The molecular formula is C21H18F3N3O4S. The summed E-state index contributed by atoms with van der Waals surface area (Å²) in [5.41, 5.74) is 1.80. The molecule has 0 atom stereocenters. The Balaban J connectivity index is 1.62. The molecule has 32 heavy (non-hydrogen) atoms. The van der Waals surface area contributed by atoms with Crippen molar-refractivity contribution in [3.05, 3.63) is 78.0 Å². The molecule has 2 N–H and O–H groups in total. The molecule has 1 heterocycles. The molecule has 2 aromatic carbocycles. The van der Waals surface area contributed by atoms with E-state index in [0.29, 0.717) is 5.69 Å². The van der Waals surface area contributed by atoms with Gasteiger partial charge in [-0.25, -0.2) is 13.4 Å². The number of halogens is 3. The molecule has 0 unspecified atom stereocenters. The van der Waals surface area contributed by atoms with Crippen molar-refractivity contribution in [2.45, 2.75) is 18.0 Å². The largest absolute Gasteiger partial charge is 0.468 e. The third-order valence-corrected chi connectivity index (χ3v) is 5.51. The number of aromatic nitrogens is 1. The first-order valence-corrected chi connectivity index (χ1v) is 10.7. The summed E-state index contributed by atoms with van der Waals surface area (Å²) in [6.45, 7) is 0.411. The Kier molecular flexibility index (Phi) is 6.68. The Hall–Kier alpha value is -3.60. The van der Waals surface area contributed by atoms with Gasteiger partial charge in [0.05, 0.1) is 16.8 Å². The number of carbonyl (C=O) groups is 1. The Labute approximate surface area is 182 Å². The first-order chi connectivity index (χ1) is 15.0. The summed E-state index contributed by atoms with van der Waals surface area (Å²) in [5.74, 6) is -0.790. The van der Waals surface area contributed by atoms with E-state index in [2.05, 4.69) is 19.8 Å². The summed E-state index contributed by atoms with van der Waals surface area (Å²) in [4.78, 5) is 16.0. The Morgan fingerprint density at radius 3 is 2.16 bits per heavy atom. The molecule has 168 valence electrons. The van der Waals surface area contributed by atoms with Crippen LogP contribution in [0.2, 0.25) is 0 Å². The molecule has 0 aliphatic carbocycles. The number of rotatable bonds is 7. The number of carbonyl (C=O) groups excluding carboxylic acids is 1. The maximum Gasteiger partial charge on any atom is 0.422 e. The molecule has 1 amide bonds. The number of nitrogens with zero attached hydrogens (tertiary/aromatic N) is 1. The highest BCUT2D eigenvalue weighted by Crippen LogP contribution is 2.20. The van der Waals surface area contributed by atoms with E-state index in [0.717, 1.165) is 11.8 Å². The zero-order valence-corrected chi connectivity index (χ0v) is 17.5. The minimum absolute atomic E-state index is 0.0255. The molecule has 3 aromatic rings. The van der Waals surface area contributed by atoms with Gasteiger partial charge in [0.2, 0.25) is 5.88 Å². The lowest BCUT2D eigenvalue weighted by molar-refractivity contribution is -0.154. The fourth-order valence-electron chi connectivity index (χ4n) is 2.52. The van der Waals surface area contributed by atoms with E-state index in [-0.39, 0.29) is 22.0 Å². The molecule has 0 saturated carbocycles. The van der Waals surface area contributed by atoms with Crippen molar-refractivity contribution < 1.29 is 31.1 Å². The Morgan fingerprint density at radius 1 is 0.969 bits per heavy atom. The van der Waals surface area contributed by atoms with Gasteiger partial charge < -0.3 is 10.1 Å². The van der Waals surface area contributed by atoms with Crippen molar-refractivity contribution in [3.63, 3.8) is 0 Å². The van der Waals surface area contributed by atoms with E-state index in [1.165, 1.54) is 36.4 Å². The second-order valence-corrected chi connectivity index (χ2v) is 8.42. The average Bonchev–Trinajstić information content (AvgIpc) is 2.74. The van der Waals surface area contributed by atoms with Crippen molar-refractivity contribution in [2.24, 2.45) is 0 Å². The van der Waals surface area contributed by atoms with Crippen LogP contribution in [0.1, 0.15) is 15.9 Å². The van der Waals surface area contributed by atoms with Gasteiger partial charge in [-0.15, -0.1) is 0 Å². The number of hydrogen-bond donors (Lipinski definition) is 2. The van der Waals surface area contributed by atoms with E-state index >= 15 is 0 Å². The van der Waals surface area contributed by atoms with Gasteiger partial charge in [0.25, 0.3) is 15.9 Å². The van der Waals surface area contributed by atoms with E-state index in [4.69, 9.17) is 0 Å². The number of nitrogens with one attached hydrogen (secondary N) is 2. The molecule has 0 aliphatic rings. The van der Waals surface area contributed by atoms with Crippen molar-refractivity contribution in [1.29, 1.82) is 0 Å². The lowest BCUT2D eigenvalue weighted by Crippen LogP contribution is -2.19. The van der Waals surface area contributed by atoms with Crippen LogP contribution in [0.4, 0.5) is 24.5 Å². The number of pyridine rings is 1. The summed E-state index contributed by atoms with van der Waals surface area (Å²) in [6.07, 6.45) is -3.34. The number of anilines is 2. The summed E-state index contributed by atoms with van der Waals surface area (Å²) < 4.78 is 68.4. The van der Waals surface area contributed by atoms with E-state index in [9.17, 15) is 26.4 Å². The normalized spacial score (nSPS) is 11.6. The highest BCUT2D eigenvalue weighted by Gasteiger charge is 2.28. The number of sulfonamides is 1. The van der Waals surface area contributed by atoms with Crippen LogP contribution in [0.3, 0.4) is 0 Å². The van der Waals surface area contributed by atoms with Crippen molar-refractivity contribution in [3.8, 4) is 5.88 Å². The fraction of sp³-hybridized carbons (Fsp3) is 0.143. The molecule has 0 radical (unpaired) electrons. The van der Waals surface area contributed by atoms with Crippen molar-refractivity contribution >= 4 is 27.3 Å². The van der Waals surface area contributed by atoms with Crippen LogP contribution >= 0.6 is 0 Å². The maximum atomic E-state index is 12.5. The molecule has 0 fully saturated rings. The fourth-order valence-corrected chi connectivity index (χ4v) is 3.58. The van der Waals surface area contributed by atoms with Crippen molar-refractivity contribution in [1.82, 2.24) is 4.98 Å². The molecular weight excluding hydrogens is 447 g/mol. The number of hydrogen-bond acceptors (Lipinski definition) is 5. The van der Waals surface area contributed by atoms with Crippen LogP contribution in [0.5, 0.6) is 5.88 Å². The van der Waals surface area contributed by atoms with Gasteiger partial charge in [-0.1, -0.05) is 17.7 Å². The first-order valence-electron chi connectivity index (χ1n) is 9.18. The Morgan fingerprint density at radius 2 is 1.59 bits per heavy atom. The standard InChI is InChI=1S/C21H18F3N3O4S/c1-14-2-6-16(7-3-14)27-32(29,30)18-9-4-15(5-10-18)20(28)26-17-8-11-19(25-12-17)31-13-21(22,23)24/h2-12,27H,13H2,1H3,(H,26,28). The molecule has 0 aliphatic heterocycles. The van der Waals surface area contributed by atoms with Gasteiger partial charge in [-0.05, 0) is 49.4 Å². The minimum Gasteiger partial charge on any atom is -0.468 e. The quantitative estimate of drug-likeness (QED) is 0.540. The van der Waals surface area contributed by atoms with Crippen LogP contribution in [-0.4, -0.2) is 32.1 Å². The third kappa shape index (κ3) is 6.45.